The summed E-state index contributed by atoms with van der Waals surface area (Å²) in [6.45, 7) is 7.32. The first-order chi connectivity index (χ1) is 8.00. The van der Waals surface area contributed by atoms with Gasteiger partial charge in [-0.2, -0.15) is 0 Å². The molecule has 1 unspecified atom stereocenters. The molecule has 1 aliphatic carbocycles. The molecule has 3 heteroatoms. The van der Waals surface area contributed by atoms with Gasteiger partial charge in [-0.15, -0.1) is 0 Å². The molecule has 1 fully saturated rings. The minimum absolute atomic E-state index is 0.0510. The van der Waals surface area contributed by atoms with Crippen molar-refractivity contribution >= 4 is 21.8 Å². The Bertz CT molecular complexity index is 247. The molecule has 0 aromatic carbocycles. The molecule has 1 atom stereocenters. The van der Waals surface area contributed by atoms with Crippen LogP contribution in [0.15, 0.2) is 0 Å². The summed E-state index contributed by atoms with van der Waals surface area (Å²) in [4.78, 5) is 12.7. The average Bonchev–Trinajstić information content (AvgIpc) is 2.74. The van der Waals surface area contributed by atoms with Gasteiger partial charge in [-0.25, -0.2) is 0 Å². The van der Waals surface area contributed by atoms with E-state index in [0.29, 0.717) is 10.7 Å². The van der Waals surface area contributed by atoms with Crippen LogP contribution in [0.1, 0.15) is 59.3 Å². The van der Waals surface area contributed by atoms with E-state index < -0.39 is 0 Å². The SMILES string of the molecule is CCC1(C(=O)NCC(Br)CC(C)C)CCCC1. The molecule has 1 amide bonds. The zero-order valence-corrected chi connectivity index (χ0v) is 13.0. The number of rotatable bonds is 6. The Kier molecular flexibility index (Phi) is 5.98. The van der Waals surface area contributed by atoms with Crippen LogP contribution in [0.25, 0.3) is 0 Å². The Morgan fingerprint density at radius 2 is 1.94 bits per heavy atom. The van der Waals surface area contributed by atoms with Crippen molar-refractivity contribution in [3.63, 3.8) is 0 Å². The minimum Gasteiger partial charge on any atom is -0.354 e. The van der Waals surface area contributed by atoms with Crippen molar-refractivity contribution in [1.82, 2.24) is 5.32 Å². The Morgan fingerprint density at radius 1 is 1.35 bits per heavy atom. The molecule has 0 radical (unpaired) electrons. The summed E-state index contributed by atoms with van der Waals surface area (Å²) in [7, 11) is 0. The van der Waals surface area contributed by atoms with Gasteiger partial charge < -0.3 is 5.32 Å². The fourth-order valence-corrected chi connectivity index (χ4v) is 3.69. The first kappa shape index (κ1) is 15.0. The minimum atomic E-state index is -0.0510. The summed E-state index contributed by atoms with van der Waals surface area (Å²) in [6.07, 6.45) is 6.67. The van der Waals surface area contributed by atoms with Crippen LogP contribution in [0.3, 0.4) is 0 Å². The third-order valence-electron chi connectivity index (χ3n) is 3.93. The molecule has 17 heavy (non-hydrogen) atoms. The smallest absolute Gasteiger partial charge is 0.226 e. The Hall–Kier alpha value is -0.0500. The Labute approximate surface area is 114 Å². The molecule has 0 bridgehead atoms. The van der Waals surface area contributed by atoms with Crippen molar-refractivity contribution in [2.24, 2.45) is 11.3 Å². The fourth-order valence-electron chi connectivity index (χ4n) is 2.78. The quantitative estimate of drug-likeness (QED) is 0.741. The van der Waals surface area contributed by atoms with Crippen molar-refractivity contribution < 1.29 is 4.79 Å². The summed E-state index contributed by atoms with van der Waals surface area (Å²) in [5.74, 6) is 0.952. The van der Waals surface area contributed by atoms with Gasteiger partial charge in [0.05, 0.1) is 0 Å². The fraction of sp³-hybridized carbons (Fsp3) is 0.929. The highest BCUT2D eigenvalue weighted by Gasteiger charge is 2.39. The van der Waals surface area contributed by atoms with Crippen LogP contribution >= 0.6 is 15.9 Å². The first-order valence-electron chi connectivity index (χ1n) is 6.92. The molecule has 2 nitrogen and oxygen atoms in total. The van der Waals surface area contributed by atoms with Gasteiger partial charge >= 0.3 is 0 Å². The van der Waals surface area contributed by atoms with E-state index in [1.165, 1.54) is 12.8 Å². The molecule has 1 aliphatic rings. The van der Waals surface area contributed by atoms with Crippen LogP contribution < -0.4 is 5.32 Å². The van der Waals surface area contributed by atoms with Gasteiger partial charge in [0.1, 0.15) is 0 Å². The summed E-state index contributed by atoms with van der Waals surface area (Å²) >= 11 is 3.64. The second kappa shape index (κ2) is 6.77. The van der Waals surface area contributed by atoms with Crippen molar-refractivity contribution in [3.05, 3.63) is 0 Å². The molecular weight excluding hydrogens is 278 g/mol. The lowest BCUT2D eigenvalue weighted by Crippen LogP contribution is -2.41. The maximum Gasteiger partial charge on any atom is 0.226 e. The van der Waals surface area contributed by atoms with Crippen molar-refractivity contribution in [1.29, 1.82) is 0 Å². The van der Waals surface area contributed by atoms with E-state index in [9.17, 15) is 4.79 Å². The zero-order valence-electron chi connectivity index (χ0n) is 11.4. The van der Waals surface area contributed by atoms with E-state index in [1.807, 2.05) is 0 Å². The van der Waals surface area contributed by atoms with Crippen LogP contribution in [-0.2, 0) is 4.79 Å². The molecule has 0 saturated heterocycles. The average molecular weight is 304 g/mol. The Morgan fingerprint density at radius 3 is 2.41 bits per heavy atom. The van der Waals surface area contributed by atoms with Gasteiger partial charge in [0.2, 0.25) is 5.91 Å². The number of carbonyl (C=O) groups excluding carboxylic acids is 1. The number of carbonyl (C=O) groups is 1. The molecule has 0 spiro atoms. The molecule has 100 valence electrons. The molecule has 1 saturated carbocycles. The lowest BCUT2D eigenvalue weighted by molar-refractivity contribution is -0.131. The number of alkyl halides is 1. The maximum absolute atomic E-state index is 12.3. The summed E-state index contributed by atoms with van der Waals surface area (Å²) in [6, 6.07) is 0. The number of hydrogen-bond donors (Lipinski definition) is 1. The van der Waals surface area contributed by atoms with Crippen molar-refractivity contribution in [3.8, 4) is 0 Å². The van der Waals surface area contributed by atoms with Crippen LogP contribution in [0.4, 0.5) is 0 Å². The molecule has 0 aromatic heterocycles. The third kappa shape index (κ3) is 4.27. The van der Waals surface area contributed by atoms with E-state index >= 15 is 0 Å². The summed E-state index contributed by atoms with van der Waals surface area (Å²) < 4.78 is 0. The lowest BCUT2D eigenvalue weighted by Gasteiger charge is -2.26. The number of halogens is 1. The topological polar surface area (TPSA) is 29.1 Å². The van der Waals surface area contributed by atoms with Crippen LogP contribution in [0.2, 0.25) is 0 Å². The van der Waals surface area contributed by atoms with Crippen LogP contribution in [-0.4, -0.2) is 17.3 Å². The summed E-state index contributed by atoms with van der Waals surface area (Å²) in [5, 5.41) is 3.14. The van der Waals surface area contributed by atoms with Crippen molar-refractivity contribution in [2.75, 3.05) is 6.54 Å². The molecular formula is C14H26BrNO. The second-order valence-corrected chi connectivity index (χ2v) is 7.07. The Balaban J connectivity index is 2.38. The largest absolute Gasteiger partial charge is 0.354 e. The standard InChI is InChI=1S/C14H26BrNO/c1-4-14(7-5-6-8-14)13(17)16-10-12(15)9-11(2)3/h11-12H,4-10H2,1-3H3,(H,16,17). The predicted octanol–water partition coefficient (Wildman–Crippen LogP) is 3.88. The first-order valence-corrected chi connectivity index (χ1v) is 7.84. The van der Waals surface area contributed by atoms with E-state index in [1.54, 1.807) is 0 Å². The molecule has 0 aromatic rings. The van der Waals surface area contributed by atoms with E-state index in [4.69, 9.17) is 0 Å². The van der Waals surface area contributed by atoms with Crippen LogP contribution in [0, 0.1) is 11.3 Å². The predicted molar refractivity (Wildman–Crippen MR) is 76.4 cm³/mol. The molecule has 1 N–H and O–H groups in total. The second-order valence-electron chi connectivity index (χ2n) is 5.78. The van der Waals surface area contributed by atoms with Crippen LogP contribution in [0.5, 0.6) is 0 Å². The van der Waals surface area contributed by atoms with E-state index in [-0.39, 0.29) is 11.3 Å². The normalized spacial score (nSPS) is 20.5. The zero-order chi connectivity index (χ0) is 12.9. The molecule has 0 heterocycles. The monoisotopic (exact) mass is 303 g/mol. The lowest BCUT2D eigenvalue weighted by atomic mass is 9.82. The maximum atomic E-state index is 12.3. The van der Waals surface area contributed by atoms with Crippen molar-refractivity contribution in [2.45, 2.75) is 64.1 Å². The number of hydrogen-bond acceptors (Lipinski definition) is 1. The summed E-state index contributed by atoms with van der Waals surface area (Å²) in [5.41, 5.74) is -0.0510. The van der Waals surface area contributed by atoms with Gasteiger partial charge in [0.25, 0.3) is 0 Å². The van der Waals surface area contributed by atoms with Gasteiger partial charge in [0.15, 0.2) is 0 Å². The number of amides is 1. The van der Waals surface area contributed by atoms with Gasteiger partial charge in [-0.3, -0.25) is 4.79 Å². The molecule has 1 rings (SSSR count). The highest BCUT2D eigenvalue weighted by atomic mass is 79.9. The highest BCUT2D eigenvalue weighted by Crippen LogP contribution is 2.41. The van der Waals surface area contributed by atoms with E-state index in [0.717, 1.165) is 32.2 Å². The number of nitrogens with one attached hydrogen (secondary N) is 1. The van der Waals surface area contributed by atoms with E-state index in [2.05, 4.69) is 42.0 Å². The molecule has 0 aliphatic heterocycles. The highest BCUT2D eigenvalue weighted by molar-refractivity contribution is 9.09. The van der Waals surface area contributed by atoms with Gasteiger partial charge in [-0.05, 0) is 31.6 Å². The van der Waals surface area contributed by atoms with Gasteiger partial charge in [-0.1, -0.05) is 49.5 Å². The van der Waals surface area contributed by atoms with Gasteiger partial charge in [0, 0.05) is 16.8 Å². The third-order valence-corrected chi connectivity index (χ3v) is 4.63.